The molecule has 10 heteroatoms. The number of anilines is 1. The molecule has 0 fully saturated rings. The number of hydrogen-bond donors (Lipinski definition) is 1. The average molecular weight is 411 g/mol. The minimum atomic E-state index is -1.62. The monoisotopic (exact) mass is 410 g/mol. The van der Waals surface area contributed by atoms with Crippen molar-refractivity contribution in [3.63, 3.8) is 0 Å². The molecule has 1 aromatic carbocycles. The van der Waals surface area contributed by atoms with E-state index in [0.29, 0.717) is 17.4 Å². The second-order valence-corrected chi connectivity index (χ2v) is 7.44. The van der Waals surface area contributed by atoms with E-state index in [1.165, 1.54) is 17.0 Å². The van der Waals surface area contributed by atoms with Crippen LogP contribution in [0.4, 0.5) is 5.69 Å². The van der Waals surface area contributed by atoms with E-state index in [1.54, 1.807) is 21.2 Å². The molecule has 0 aliphatic carbocycles. The van der Waals surface area contributed by atoms with Gasteiger partial charge in [-0.1, -0.05) is 23.2 Å². The van der Waals surface area contributed by atoms with Crippen LogP contribution in [0.5, 0.6) is 5.75 Å². The van der Waals surface area contributed by atoms with Gasteiger partial charge in [0.2, 0.25) is 11.8 Å². The van der Waals surface area contributed by atoms with E-state index in [2.05, 4.69) is 5.32 Å². The zero-order valence-corrected chi connectivity index (χ0v) is 16.5. The number of halogens is 2. The van der Waals surface area contributed by atoms with Crippen LogP contribution in [-0.4, -0.2) is 66.8 Å². The van der Waals surface area contributed by atoms with E-state index in [1.807, 2.05) is 0 Å². The Kier molecular flexibility index (Phi) is 9.20. The molecule has 0 unspecified atom stereocenters. The first-order valence-electron chi connectivity index (χ1n) is 7.20. The van der Waals surface area contributed by atoms with E-state index >= 15 is 0 Å². The molecule has 1 aromatic rings. The topological polar surface area (TPSA) is 84.9 Å². The van der Waals surface area contributed by atoms with E-state index in [-0.39, 0.29) is 34.7 Å². The zero-order valence-electron chi connectivity index (χ0n) is 14.1. The molecule has 0 saturated carbocycles. The molecule has 0 aliphatic rings. The van der Waals surface area contributed by atoms with E-state index < -0.39 is 16.7 Å². The fourth-order valence-corrected chi connectivity index (χ4v) is 3.11. The maximum atomic E-state index is 12.0. The number of hydrogen-bond acceptors (Lipinski definition) is 5. The van der Waals surface area contributed by atoms with Crippen LogP contribution in [0.15, 0.2) is 12.1 Å². The van der Waals surface area contributed by atoms with Gasteiger partial charge in [-0.05, 0) is 6.07 Å². The lowest BCUT2D eigenvalue weighted by atomic mass is 10.3. The van der Waals surface area contributed by atoms with Crippen LogP contribution < -0.4 is 10.1 Å². The van der Waals surface area contributed by atoms with Crippen molar-refractivity contribution < 1.29 is 23.3 Å². The third-order valence-electron chi connectivity index (χ3n) is 2.92. The number of carbonyl (C=O) groups excluding carboxylic acids is 2. The fraction of sp³-hybridized carbons (Fsp3) is 0.467. The molecule has 0 spiro atoms. The molecule has 7 nitrogen and oxygen atoms in total. The van der Waals surface area contributed by atoms with Crippen molar-refractivity contribution in [2.45, 2.75) is 0 Å². The van der Waals surface area contributed by atoms with Gasteiger partial charge < -0.3 is 19.7 Å². The largest absolute Gasteiger partial charge is 0.490 e. The van der Waals surface area contributed by atoms with E-state index in [9.17, 15) is 13.8 Å². The molecule has 1 N–H and O–H groups in total. The van der Waals surface area contributed by atoms with Gasteiger partial charge >= 0.3 is 0 Å². The van der Waals surface area contributed by atoms with Crippen LogP contribution in [0.2, 0.25) is 10.0 Å². The summed E-state index contributed by atoms with van der Waals surface area (Å²) in [6.45, 7) is 0.654. The predicted octanol–water partition coefficient (Wildman–Crippen LogP) is 1.79. The van der Waals surface area contributed by atoms with Crippen molar-refractivity contribution in [1.29, 1.82) is 0 Å². The minimum absolute atomic E-state index is 0.215. The predicted molar refractivity (Wildman–Crippen MR) is 99.0 cm³/mol. The Morgan fingerprint density at radius 1 is 1.16 bits per heavy atom. The number of nitrogens with zero attached hydrogens (tertiary/aromatic N) is 1. The van der Waals surface area contributed by atoms with Crippen molar-refractivity contribution in [1.82, 2.24) is 4.90 Å². The van der Waals surface area contributed by atoms with Gasteiger partial charge in [-0.15, -0.1) is 0 Å². The Morgan fingerprint density at radius 3 is 2.44 bits per heavy atom. The first kappa shape index (κ1) is 21.7. The maximum absolute atomic E-state index is 12.0. The number of nitrogens with one attached hydrogen (secondary N) is 1. The molecule has 0 saturated heterocycles. The molecule has 0 radical (unpaired) electrons. The van der Waals surface area contributed by atoms with Gasteiger partial charge in [0.1, 0.15) is 23.9 Å². The number of carbonyl (C=O) groups is 2. The Morgan fingerprint density at radius 2 is 1.84 bits per heavy atom. The molecular weight excluding hydrogens is 391 g/mol. The van der Waals surface area contributed by atoms with Crippen LogP contribution in [0.1, 0.15) is 0 Å². The second-order valence-electron chi connectivity index (χ2n) is 5.17. The molecule has 0 aromatic heterocycles. The van der Waals surface area contributed by atoms with Gasteiger partial charge in [-0.25, -0.2) is 0 Å². The quantitative estimate of drug-likeness (QED) is 0.627. The summed E-state index contributed by atoms with van der Waals surface area (Å²) in [7, 11) is 3.03. The van der Waals surface area contributed by atoms with Crippen LogP contribution >= 0.6 is 23.2 Å². The lowest BCUT2D eigenvalue weighted by Gasteiger charge is -2.13. The average Bonchev–Trinajstić information content (AvgIpc) is 2.51. The molecule has 140 valence electrons. The molecular formula is C15H20Cl2N2O5S. The maximum Gasteiger partial charge on any atom is 0.237 e. The van der Waals surface area contributed by atoms with Gasteiger partial charge in [0.25, 0.3) is 0 Å². The Labute approximate surface area is 159 Å². The summed E-state index contributed by atoms with van der Waals surface area (Å²) < 4.78 is 22.2. The molecule has 25 heavy (non-hydrogen) atoms. The third-order valence-corrected chi connectivity index (χ3v) is 4.68. The van der Waals surface area contributed by atoms with Gasteiger partial charge in [0, 0.05) is 38.1 Å². The molecule has 0 aliphatic heterocycles. The van der Waals surface area contributed by atoms with Crippen LogP contribution in [0, 0.1) is 0 Å². The van der Waals surface area contributed by atoms with Crippen molar-refractivity contribution in [3.8, 4) is 5.75 Å². The normalized spacial score (nSPS) is 11.7. The molecule has 0 heterocycles. The highest BCUT2D eigenvalue weighted by Gasteiger charge is 2.16. The Balaban J connectivity index is 2.71. The highest BCUT2D eigenvalue weighted by Crippen LogP contribution is 2.34. The van der Waals surface area contributed by atoms with Crippen LogP contribution in [0.25, 0.3) is 0 Å². The number of rotatable bonds is 9. The highest BCUT2D eigenvalue weighted by molar-refractivity contribution is 7.86. The van der Waals surface area contributed by atoms with E-state index in [4.69, 9.17) is 32.7 Å². The number of ether oxygens (including phenoxy) is 2. The van der Waals surface area contributed by atoms with Crippen LogP contribution in [-0.2, 0) is 25.1 Å². The lowest BCUT2D eigenvalue weighted by molar-refractivity contribution is -0.125. The summed E-state index contributed by atoms with van der Waals surface area (Å²) >= 11 is 12.1. The van der Waals surface area contributed by atoms with Crippen molar-refractivity contribution >= 4 is 51.5 Å². The summed E-state index contributed by atoms with van der Waals surface area (Å²) in [4.78, 5) is 24.8. The van der Waals surface area contributed by atoms with Crippen molar-refractivity contribution in [2.24, 2.45) is 0 Å². The first-order chi connectivity index (χ1) is 11.7. The Hall–Kier alpha value is -1.35. The highest BCUT2D eigenvalue weighted by atomic mass is 35.5. The lowest BCUT2D eigenvalue weighted by Crippen LogP contribution is -2.30. The summed E-state index contributed by atoms with van der Waals surface area (Å²) in [6, 6.07) is 2.92. The molecule has 0 bridgehead atoms. The molecule has 1 atom stereocenters. The van der Waals surface area contributed by atoms with Crippen LogP contribution in [0.3, 0.4) is 0 Å². The molecule has 2 amide bonds. The fourth-order valence-electron chi connectivity index (χ4n) is 1.62. The summed E-state index contributed by atoms with van der Waals surface area (Å²) in [5.41, 5.74) is 0.277. The Bertz CT molecular complexity index is 655. The first-order valence-corrected chi connectivity index (χ1v) is 9.44. The van der Waals surface area contributed by atoms with Gasteiger partial charge in [-0.2, -0.15) is 0 Å². The number of amides is 2. The summed E-state index contributed by atoms with van der Waals surface area (Å²) in [6.07, 6.45) is 0. The van der Waals surface area contributed by atoms with Gasteiger partial charge in [0.05, 0.1) is 22.3 Å². The minimum Gasteiger partial charge on any atom is -0.490 e. The molecule has 1 rings (SSSR count). The second kappa shape index (κ2) is 10.6. The summed E-state index contributed by atoms with van der Waals surface area (Å²) in [5.74, 6) is -1.05. The zero-order chi connectivity index (χ0) is 19.0. The standard InChI is InChI=1S/C15H20Cl2N2O5S/c1-19(2)15(21)9-25(22)8-14(20)18-12-7-13(24-5-4-23-3)11(17)6-10(12)16/h6-7H,4-5,8-9H2,1-3H3,(H,18,20)/t25-/m0/s1. The van der Waals surface area contributed by atoms with E-state index in [0.717, 1.165) is 0 Å². The van der Waals surface area contributed by atoms with Gasteiger partial charge in [0.15, 0.2) is 0 Å². The van der Waals surface area contributed by atoms with Crippen molar-refractivity contribution in [2.75, 3.05) is 51.2 Å². The van der Waals surface area contributed by atoms with Gasteiger partial charge in [-0.3, -0.25) is 13.8 Å². The van der Waals surface area contributed by atoms with Crippen molar-refractivity contribution in [3.05, 3.63) is 22.2 Å². The number of benzene rings is 1. The summed E-state index contributed by atoms with van der Waals surface area (Å²) in [5, 5.41) is 3.05. The number of methoxy groups -OCH3 is 1. The SMILES string of the molecule is COCCOc1cc(NC(=O)C[S@](=O)CC(=O)N(C)C)c(Cl)cc1Cl. The third kappa shape index (κ3) is 7.60. The smallest absolute Gasteiger partial charge is 0.237 e.